The highest BCUT2D eigenvalue weighted by atomic mass is 16.5. The van der Waals surface area contributed by atoms with Gasteiger partial charge in [0.25, 0.3) is 5.91 Å². The molecule has 18 heavy (non-hydrogen) atoms. The van der Waals surface area contributed by atoms with Crippen LogP contribution in [0.3, 0.4) is 0 Å². The average molecular weight is 250 g/mol. The zero-order valence-electron chi connectivity index (χ0n) is 10.5. The third kappa shape index (κ3) is 2.98. The molecule has 1 aromatic rings. The molecule has 0 bridgehead atoms. The van der Waals surface area contributed by atoms with Gasteiger partial charge in [-0.2, -0.15) is 0 Å². The summed E-state index contributed by atoms with van der Waals surface area (Å²) in [5.41, 5.74) is 0.541. The molecule has 5 heteroatoms. The van der Waals surface area contributed by atoms with Crippen molar-refractivity contribution in [1.29, 1.82) is 0 Å². The number of aromatic nitrogens is 1. The van der Waals surface area contributed by atoms with E-state index in [4.69, 9.17) is 9.84 Å². The summed E-state index contributed by atoms with van der Waals surface area (Å²) in [6.45, 7) is 2.82. The van der Waals surface area contributed by atoms with E-state index in [1.165, 1.54) is 6.20 Å². The minimum atomic E-state index is -0.0675. The summed E-state index contributed by atoms with van der Waals surface area (Å²) >= 11 is 0. The molecule has 1 amide bonds. The van der Waals surface area contributed by atoms with E-state index in [1.807, 2.05) is 6.92 Å². The lowest BCUT2D eigenvalue weighted by Crippen LogP contribution is -2.35. The highest BCUT2D eigenvalue weighted by molar-refractivity contribution is 5.94. The number of hydrogen-bond acceptors (Lipinski definition) is 4. The summed E-state index contributed by atoms with van der Waals surface area (Å²) < 4.78 is 5.23. The van der Waals surface area contributed by atoms with Crippen LogP contribution < -0.4 is 4.74 Å². The molecule has 0 aliphatic heterocycles. The zero-order chi connectivity index (χ0) is 13.0. The van der Waals surface area contributed by atoms with Crippen LogP contribution in [0.4, 0.5) is 0 Å². The lowest BCUT2D eigenvalue weighted by atomic mass is 10.2. The third-order valence-corrected chi connectivity index (χ3v) is 2.86. The van der Waals surface area contributed by atoms with Crippen molar-refractivity contribution in [2.45, 2.75) is 25.8 Å². The standard InChI is InChI=1S/C13H18N2O3/c1-2-18-12-6-3-10(9-14-12)13(17)15(7-8-16)11-4-5-11/h3,6,9,11,16H,2,4-5,7-8H2,1H3. The van der Waals surface area contributed by atoms with Crippen LogP contribution in [0, 0.1) is 0 Å². The van der Waals surface area contributed by atoms with E-state index in [-0.39, 0.29) is 18.6 Å². The van der Waals surface area contributed by atoms with Gasteiger partial charge in [-0.25, -0.2) is 4.98 Å². The van der Waals surface area contributed by atoms with Gasteiger partial charge in [0, 0.05) is 24.8 Å². The van der Waals surface area contributed by atoms with Crippen LogP contribution in [0.5, 0.6) is 5.88 Å². The Labute approximate surface area is 106 Å². The Morgan fingerprint density at radius 3 is 2.83 bits per heavy atom. The zero-order valence-corrected chi connectivity index (χ0v) is 10.5. The number of nitrogens with zero attached hydrogens (tertiary/aromatic N) is 2. The molecule has 1 saturated carbocycles. The van der Waals surface area contributed by atoms with Gasteiger partial charge in [-0.15, -0.1) is 0 Å². The van der Waals surface area contributed by atoms with Crippen LogP contribution in [-0.2, 0) is 0 Å². The van der Waals surface area contributed by atoms with Gasteiger partial charge in [-0.3, -0.25) is 4.79 Å². The number of carbonyl (C=O) groups excluding carboxylic acids is 1. The maximum Gasteiger partial charge on any atom is 0.255 e. The van der Waals surface area contributed by atoms with Gasteiger partial charge in [-0.05, 0) is 25.8 Å². The van der Waals surface area contributed by atoms with E-state index in [1.54, 1.807) is 17.0 Å². The summed E-state index contributed by atoms with van der Waals surface area (Å²) in [6, 6.07) is 3.70. The van der Waals surface area contributed by atoms with Crippen molar-refractivity contribution < 1.29 is 14.6 Å². The predicted molar refractivity (Wildman–Crippen MR) is 66.6 cm³/mol. The van der Waals surface area contributed by atoms with Crippen LogP contribution in [0.2, 0.25) is 0 Å². The Morgan fingerprint density at radius 2 is 2.33 bits per heavy atom. The summed E-state index contributed by atoms with van der Waals surface area (Å²) in [4.78, 5) is 18.0. The fourth-order valence-electron chi connectivity index (χ4n) is 1.85. The SMILES string of the molecule is CCOc1ccc(C(=O)N(CCO)C2CC2)cn1. The van der Waals surface area contributed by atoms with E-state index in [9.17, 15) is 4.79 Å². The molecule has 1 N–H and O–H groups in total. The Hall–Kier alpha value is -1.62. The van der Waals surface area contributed by atoms with Crippen molar-refractivity contribution in [1.82, 2.24) is 9.88 Å². The summed E-state index contributed by atoms with van der Waals surface area (Å²) in [5.74, 6) is 0.455. The van der Waals surface area contributed by atoms with Crippen LogP contribution in [0.25, 0.3) is 0 Å². The summed E-state index contributed by atoms with van der Waals surface area (Å²) in [5, 5.41) is 8.99. The number of amides is 1. The predicted octanol–water partition coefficient (Wildman–Crippen LogP) is 1.08. The number of rotatable bonds is 6. The van der Waals surface area contributed by atoms with Crippen molar-refractivity contribution in [3.05, 3.63) is 23.9 Å². The molecule has 0 aromatic carbocycles. The second-order valence-corrected chi connectivity index (χ2v) is 4.27. The number of hydrogen-bond donors (Lipinski definition) is 1. The Balaban J connectivity index is 2.06. The molecule has 1 aromatic heterocycles. The first-order chi connectivity index (χ1) is 8.76. The van der Waals surface area contributed by atoms with Gasteiger partial charge >= 0.3 is 0 Å². The molecule has 0 saturated heterocycles. The molecule has 1 aliphatic carbocycles. The largest absolute Gasteiger partial charge is 0.478 e. The van der Waals surface area contributed by atoms with Crippen molar-refractivity contribution in [3.8, 4) is 5.88 Å². The molecule has 2 rings (SSSR count). The maximum atomic E-state index is 12.2. The average Bonchev–Trinajstić information content (AvgIpc) is 3.21. The Kier molecular flexibility index (Phi) is 4.15. The van der Waals surface area contributed by atoms with Crippen LogP contribution in [0.1, 0.15) is 30.1 Å². The molecule has 1 fully saturated rings. The molecule has 0 atom stereocenters. The molecular formula is C13H18N2O3. The van der Waals surface area contributed by atoms with Gasteiger partial charge < -0.3 is 14.7 Å². The third-order valence-electron chi connectivity index (χ3n) is 2.86. The smallest absolute Gasteiger partial charge is 0.255 e. The minimum Gasteiger partial charge on any atom is -0.478 e. The minimum absolute atomic E-state index is 0.00724. The van der Waals surface area contributed by atoms with E-state index in [0.717, 1.165) is 12.8 Å². The second kappa shape index (κ2) is 5.82. The fraction of sp³-hybridized carbons (Fsp3) is 0.538. The first kappa shape index (κ1) is 12.8. The van der Waals surface area contributed by atoms with Crippen LogP contribution in [-0.4, -0.2) is 46.7 Å². The summed E-state index contributed by atoms with van der Waals surface area (Å²) in [7, 11) is 0. The first-order valence-electron chi connectivity index (χ1n) is 6.27. The van der Waals surface area contributed by atoms with E-state index in [2.05, 4.69) is 4.98 Å². The van der Waals surface area contributed by atoms with Crippen LogP contribution in [0.15, 0.2) is 18.3 Å². The molecular weight excluding hydrogens is 232 g/mol. The van der Waals surface area contributed by atoms with Crippen molar-refractivity contribution in [2.75, 3.05) is 19.8 Å². The molecule has 5 nitrogen and oxygen atoms in total. The lowest BCUT2D eigenvalue weighted by Gasteiger charge is -2.21. The van der Waals surface area contributed by atoms with E-state index < -0.39 is 0 Å². The number of aliphatic hydroxyl groups excluding tert-OH is 1. The summed E-state index contributed by atoms with van der Waals surface area (Å²) in [6.07, 6.45) is 3.58. The normalized spacial score (nSPS) is 14.3. The Bertz CT molecular complexity index is 401. The van der Waals surface area contributed by atoms with E-state index in [0.29, 0.717) is 24.6 Å². The lowest BCUT2D eigenvalue weighted by molar-refractivity contribution is 0.0707. The quantitative estimate of drug-likeness (QED) is 0.820. The van der Waals surface area contributed by atoms with Gasteiger partial charge in [0.1, 0.15) is 0 Å². The molecule has 1 aliphatic rings. The number of carbonyl (C=O) groups is 1. The monoisotopic (exact) mass is 250 g/mol. The van der Waals surface area contributed by atoms with Crippen molar-refractivity contribution in [3.63, 3.8) is 0 Å². The fourth-order valence-corrected chi connectivity index (χ4v) is 1.85. The first-order valence-corrected chi connectivity index (χ1v) is 6.27. The van der Waals surface area contributed by atoms with Gasteiger partial charge in [0.15, 0.2) is 0 Å². The number of aliphatic hydroxyl groups is 1. The maximum absolute atomic E-state index is 12.2. The highest BCUT2D eigenvalue weighted by Gasteiger charge is 2.32. The van der Waals surface area contributed by atoms with Gasteiger partial charge in [0.2, 0.25) is 5.88 Å². The van der Waals surface area contributed by atoms with Gasteiger partial charge in [0.05, 0.1) is 18.8 Å². The Morgan fingerprint density at radius 1 is 1.56 bits per heavy atom. The van der Waals surface area contributed by atoms with Crippen LogP contribution >= 0.6 is 0 Å². The molecule has 0 spiro atoms. The topological polar surface area (TPSA) is 62.7 Å². The molecule has 0 radical (unpaired) electrons. The van der Waals surface area contributed by atoms with Gasteiger partial charge in [-0.1, -0.05) is 0 Å². The number of ether oxygens (including phenoxy) is 1. The molecule has 1 heterocycles. The molecule has 98 valence electrons. The second-order valence-electron chi connectivity index (χ2n) is 4.27. The highest BCUT2D eigenvalue weighted by Crippen LogP contribution is 2.28. The molecule has 0 unspecified atom stereocenters. The van der Waals surface area contributed by atoms with Crippen molar-refractivity contribution in [2.24, 2.45) is 0 Å². The number of pyridine rings is 1. The van der Waals surface area contributed by atoms with Crippen molar-refractivity contribution >= 4 is 5.91 Å². The van der Waals surface area contributed by atoms with E-state index >= 15 is 0 Å².